The van der Waals surface area contributed by atoms with Crippen molar-refractivity contribution in [1.29, 1.82) is 0 Å². The van der Waals surface area contributed by atoms with Gasteiger partial charge in [0.1, 0.15) is 0 Å². The maximum atomic E-state index is 6.02. The molecule has 1 saturated carbocycles. The summed E-state index contributed by atoms with van der Waals surface area (Å²) < 4.78 is 10.4. The van der Waals surface area contributed by atoms with E-state index in [1.165, 1.54) is 18.4 Å². The minimum atomic E-state index is 0.651. The van der Waals surface area contributed by atoms with Gasteiger partial charge in [0.15, 0.2) is 0 Å². The normalized spacial score (nSPS) is 21.7. The Morgan fingerprint density at radius 3 is 2.85 bits per heavy atom. The first-order chi connectivity index (χ1) is 9.79. The first-order valence-corrected chi connectivity index (χ1v) is 7.73. The van der Waals surface area contributed by atoms with Crippen molar-refractivity contribution in [2.75, 3.05) is 33.5 Å². The SMILES string of the molecule is COCCOCCCNC1CC(c2cccc(Cl)c2)C1. The van der Waals surface area contributed by atoms with Gasteiger partial charge in [-0.15, -0.1) is 0 Å². The van der Waals surface area contributed by atoms with E-state index in [9.17, 15) is 0 Å². The summed E-state index contributed by atoms with van der Waals surface area (Å²) in [6.07, 6.45) is 3.48. The first-order valence-electron chi connectivity index (χ1n) is 7.35. The number of methoxy groups -OCH3 is 1. The molecule has 0 bridgehead atoms. The molecule has 0 amide bonds. The molecule has 0 unspecified atom stereocenters. The molecule has 0 saturated heterocycles. The van der Waals surface area contributed by atoms with E-state index in [0.29, 0.717) is 25.2 Å². The van der Waals surface area contributed by atoms with Crippen molar-refractivity contribution in [2.24, 2.45) is 0 Å². The van der Waals surface area contributed by atoms with Crippen LogP contribution in [-0.4, -0.2) is 39.5 Å². The van der Waals surface area contributed by atoms with Gasteiger partial charge in [-0.1, -0.05) is 23.7 Å². The number of rotatable bonds is 9. The molecule has 0 aliphatic heterocycles. The molecule has 1 aliphatic carbocycles. The molecule has 4 heteroatoms. The standard InChI is InChI=1S/C16H24ClNO2/c1-19-8-9-20-7-3-6-18-16-11-14(12-16)13-4-2-5-15(17)10-13/h2,4-5,10,14,16,18H,3,6-9,11-12H2,1H3. The van der Waals surface area contributed by atoms with E-state index < -0.39 is 0 Å². The van der Waals surface area contributed by atoms with Crippen LogP contribution in [0.25, 0.3) is 0 Å². The van der Waals surface area contributed by atoms with E-state index in [4.69, 9.17) is 21.1 Å². The van der Waals surface area contributed by atoms with Crippen LogP contribution in [-0.2, 0) is 9.47 Å². The molecule has 0 aromatic heterocycles. The Morgan fingerprint density at radius 2 is 2.10 bits per heavy atom. The van der Waals surface area contributed by atoms with Crippen LogP contribution in [0.4, 0.5) is 0 Å². The number of hydrogen-bond acceptors (Lipinski definition) is 3. The molecule has 0 radical (unpaired) electrons. The largest absolute Gasteiger partial charge is 0.382 e. The Labute approximate surface area is 126 Å². The minimum absolute atomic E-state index is 0.651. The Morgan fingerprint density at radius 1 is 1.25 bits per heavy atom. The molecular formula is C16H24ClNO2. The molecule has 1 aromatic rings. The molecule has 0 spiro atoms. The lowest BCUT2D eigenvalue weighted by molar-refractivity contribution is 0.0688. The molecular weight excluding hydrogens is 274 g/mol. The Bertz CT molecular complexity index is 394. The minimum Gasteiger partial charge on any atom is -0.382 e. The van der Waals surface area contributed by atoms with Gasteiger partial charge in [0.05, 0.1) is 13.2 Å². The summed E-state index contributed by atoms with van der Waals surface area (Å²) in [5.74, 6) is 0.671. The third-order valence-corrected chi connectivity index (χ3v) is 4.02. The highest BCUT2D eigenvalue weighted by atomic mass is 35.5. The van der Waals surface area contributed by atoms with Crippen LogP contribution in [0.2, 0.25) is 5.02 Å². The van der Waals surface area contributed by atoms with Crippen molar-refractivity contribution in [3.05, 3.63) is 34.9 Å². The van der Waals surface area contributed by atoms with Gasteiger partial charge in [0.25, 0.3) is 0 Å². The van der Waals surface area contributed by atoms with E-state index in [2.05, 4.69) is 17.4 Å². The molecule has 1 aliphatic rings. The Hall–Kier alpha value is -0.610. The summed E-state index contributed by atoms with van der Waals surface area (Å²) in [4.78, 5) is 0. The van der Waals surface area contributed by atoms with Crippen LogP contribution in [0.5, 0.6) is 0 Å². The van der Waals surface area contributed by atoms with E-state index in [1.54, 1.807) is 7.11 Å². The van der Waals surface area contributed by atoms with Crippen LogP contribution >= 0.6 is 11.6 Å². The van der Waals surface area contributed by atoms with Gasteiger partial charge in [0.2, 0.25) is 0 Å². The zero-order valence-electron chi connectivity index (χ0n) is 12.1. The molecule has 3 nitrogen and oxygen atoms in total. The topological polar surface area (TPSA) is 30.5 Å². The highest BCUT2D eigenvalue weighted by Gasteiger charge is 2.29. The molecule has 0 atom stereocenters. The summed E-state index contributed by atoms with van der Waals surface area (Å²) in [7, 11) is 1.69. The molecule has 0 heterocycles. The number of halogens is 1. The molecule has 1 aromatic carbocycles. The Kier molecular flexibility index (Phi) is 6.80. The molecule has 1 fully saturated rings. The number of ether oxygens (including phenoxy) is 2. The summed E-state index contributed by atoms with van der Waals surface area (Å²) >= 11 is 6.02. The van der Waals surface area contributed by atoms with E-state index in [1.807, 2.05) is 12.1 Å². The van der Waals surface area contributed by atoms with Crippen molar-refractivity contribution in [3.63, 3.8) is 0 Å². The lowest BCUT2D eigenvalue weighted by Gasteiger charge is -2.36. The van der Waals surface area contributed by atoms with Crippen LogP contribution in [0.15, 0.2) is 24.3 Å². The van der Waals surface area contributed by atoms with Gasteiger partial charge in [-0.05, 0) is 49.4 Å². The van der Waals surface area contributed by atoms with E-state index >= 15 is 0 Å². The van der Waals surface area contributed by atoms with Gasteiger partial charge >= 0.3 is 0 Å². The zero-order chi connectivity index (χ0) is 14.2. The second kappa shape index (κ2) is 8.63. The van der Waals surface area contributed by atoms with Gasteiger partial charge in [0, 0.05) is 24.8 Å². The maximum absolute atomic E-state index is 6.02. The van der Waals surface area contributed by atoms with Crippen molar-refractivity contribution < 1.29 is 9.47 Å². The van der Waals surface area contributed by atoms with Gasteiger partial charge in [-0.3, -0.25) is 0 Å². The average Bonchev–Trinajstić information content (AvgIpc) is 2.39. The molecule has 20 heavy (non-hydrogen) atoms. The average molecular weight is 298 g/mol. The fourth-order valence-electron chi connectivity index (χ4n) is 2.54. The van der Waals surface area contributed by atoms with Crippen molar-refractivity contribution in [3.8, 4) is 0 Å². The summed E-state index contributed by atoms with van der Waals surface area (Å²) in [5.41, 5.74) is 1.37. The lowest BCUT2D eigenvalue weighted by Crippen LogP contribution is -2.40. The smallest absolute Gasteiger partial charge is 0.0700 e. The molecule has 2 rings (SSSR count). The van der Waals surface area contributed by atoms with Crippen molar-refractivity contribution in [1.82, 2.24) is 5.32 Å². The molecule has 1 N–H and O–H groups in total. The van der Waals surface area contributed by atoms with Crippen molar-refractivity contribution >= 4 is 11.6 Å². The summed E-state index contributed by atoms with van der Waals surface area (Å²) in [6, 6.07) is 8.89. The van der Waals surface area contributed by atoms with Crippen LogP contribution in [0.3, 0.4) is 0 Å². The maximum Gasteiger partial charge on any atom is 0.0700 e. The number of nitrogens with one attached hydrogen (secondary N) is 1. The number of hydrogen-bond donors (Lipinski definition) is 1. The van der Waals surface area contributed by atoms with E-state index in [0.717, 1.165) is 24.6 Å². The predicted octanol–water partition coefficient (Wildman–Crippen LogP) is 3.23. The van der Waals surface area contributed by atoms with Crippen molar-refractivity contribution in [2.45, 2.75) is 31.2 Å². The zero-order valence-corrected chi connectivity index (χ0v) is 12.9. The monoisotopic (exact) mass is 297 g/mol. The van der Waals surface area contributed by atoms with Crippen LogP contribution in [0, 0.1) is 0 Å². The second-order valence-corrected chi connectivity index (χ2v) is 5.77. The fraction of sp³-hybridized carbons (Fsp3) is 0.625. The second-order valence-electron chi connectivity index (χ2n) is 5.33. The first kappa shape index (κ1) is 15.8. The summed E-state index contributed by atoms with van der Waals surface area (Å²) in [6.45, 7) is 3.20. The summed E-state index contributed by atoms with van der Waals surface area (Å²) in [5, 5.41) is 4.42. The van der Waals surface area contributed by atoms with Gasteiger partial charge in [-0.25, -0.2) is 0 Å². The van der Waals surface area contributed by atoms with Crippen LogP contribution in [0.1, 0.15) is 30.7 Å². The fourth-order valence-corrected chi connectivity index (χ4v) is 2.74. The Balaban J connectivity index is 1.52. The van der Waals surface area contributed by atoms with Crippen LogP contribution < -0.4 is 5.32 Å². The quantitative estimate of drug-likeness (QED) is 0.710. The highest BCUT2D eigenvalue weighted by Crippen LogP contribution is 2.37. The molecule has 112 valence electrons. The number of benzene rings is 1. The predicted molar refractivity (Wildman–Crippen MR) is 82.5 cm³/mol. The third-order valence-electron chi connectivity index (χ3n) is 3.79. The van der Waals surface area contributed by atoms with E-state index in [-0.39, 0.29) is 0 Å². The third kappa shape index (κ3) is 5.06. The lowest BCUT2D eigenvalue weighted by atomic mass is 9.76. The van der Waals surface area contributed by atoms with Gasteiger partial charge in [-0.2, -0.15) is 0 Å². The van der Waals surface area contributed by atoms with Gasteiger partial charge < -0.3 is 14.8 Å². The highest BCUT2D eigenvalue weighted by molar-refractivity contribution is 6.30.